The molecule has 0 N–H and O–H groups in total. The highest BCUT2D eigenvalue weighted by molar-refractivity contribution is 5.97. The van der Waals surface area contributed by atoms with Gasteiger partial charge in [0.05, 0.1) is 13.2 Å². The standard InChI is InChI=1S/C27H34N2O3/c1-31-24-10-12-28(13-11-24)18-19-3-4-21-16-23(6-5-20(21)15-19)29-14-9-22-17-25(32-2)7-8-26(22)27(29)30/h3-4,7-8,15,17,23-24H,5-6,9-14,16,18H2,1-2H3/t23-/m0/s1. The Bertz CT molecular complexity index is 981. The van der Waals surface area contributed by atoms with Crippen molar-refractivity contribution in [2.75, 3.05) is 33.9 Å². The van der Waals surface area contributed by atoms with Crippen molar-refractivity contribution in [3.05, 3.63) is 64.2 Å². The predicted octanol–water partition coefficient (Wildman–Crippen LogP) is 3.86. The molecule has 5 rings (SSSR count). The Balaban J connectivity index is 1.24. The molecule has 1 saturated heterocycles. The number of aryl methyl sites for hydroxylation is 1. The lowest BCUT2D eigenvalue weighted by molar-refractivity contribution is 0.0388. The van der Waals surface area contributed by atoms with Gasteiger partial charge in [-0.3, -0.25) is 9.69 Å². The third-order valence-corrected chi connectivity index (χ3v) is 7.61. The van der Waals surface area contributed by atoms with Gasteiger partial charge in [-0.25, -0.2) is 0 Å². The minimum absolute atomic E-state index is 0.179. The van der Waals surface area contributed by atoms with Gasteiger partial charge in [-0.2, -0.15) is 0 Å². The van der Waals surface area contributed by atoms with Gasteiger partial charge in [0.25, 0.3) is 5.91 Å². The molecular weight excluding hydrogens is 400 g/mol. The summed E-state index contributed by atoms with van der Waals surface area (Å²) in [5, 5.41) is 0. The van der Waals surface area contributed by atoms with Crippen LogP contribution in [-0.4, -0.2) is 61.7 Å². The monoisotopic (exact) mass is 434 g/mol. The molecule has 2 aromatic rings. The fourth-order valence-corrected chi connectivity index (χ4v) is 5.67. The Morgan fingerprint density at radius 1 is 0.906 bits per heavy atom. The lowest BCUT2D eigenvalue weighted by Gasteiger charge is -2.38. The van der Waals surface area contributed by atoms with Crippen LogP contribution >= 0.6 is 0 Å². The third-order valence-electron chi connectivity index (χ3n) is 7.61. The van der Waals surface area contributed by atoms with Gasteiger partial charge >= 0.3 is 0 Å². The molecule has 1 fully saturated rings. The van der Waals surface area contributed by atoms with Crippen molar-refractivity contribution in [2.24, 2.45) is 0 Å². The SMILES string of the molecule is COc1ccc2c(c1)CCN([C@H]1CCc3cc(CN4CCC(OC)CC4)ccc3C1)C2=O. The number of hydrogen-bond acceptors (Lipinski definition) is 4. The van der Waals surface area contributed by atoms with Crippen LogP contribution in [0.5, 0.6) is 5.75 Å². The third kappa shape index (κ3) is 4.28. The molecule has 0 unspecified atom stereocenters. The molecule has 0 radical (unpaired) electrons. The average molecular weight is 435 g/mol. The van der Waals surface area contributed by atoms with Gasteiger partial charge in [0.2, 0.25) is 0 Å². The summed E-state index contributed by atoms with van der Waals surface area (Å²) in [5.41, 5.74) is 6.25. The first-order valence-corrected chi connectivity index (χ1v) is 12.0. The van der Waals surface area contributed by atoms with E-state index < -0.39 is 0 Å². The molecule has 2 heterocycles. The summed E-state index contributed by atoms with van der Waals surface area (Å²) in [6.07, 6.45) is 6.66. The van der Waals surface area contributed by atoms with E-state index in [-0.39, 0.29) is 5.91 Å². The number of ether oxygens (including phenoxy) is 2. The van der Waals surface area contributed by atoms with Crippen LogP contribution in [-0.2, 0) is 30.5 Å². The summed E-state index contributed by atoms with van der Waals surface area (Å²) >= 11 is 0. The number of amides is 1. The highest BCUT2D eigenvalue weighted by Gasteiger charge is 2.32. The lowest BCUT2D eigenvalue weighted by atomic mass is 9.85. The Hall–Kier alpha value is -2.37. The molecule has 0 saturated carbocycles. The Morgan fingerprint density at radius 2 is 1.75 bits per heavy atom. The van der Waals surface area contributed by atoms with Crippen LogP contribution in [0.2, 0.25) is 0 Å². The van der Waals surface area contributed by atoms with E-state index in [1.54, 1.807) is 7.11 Å². The molecule has 1 atom stereocenters. The minimum atomic E-state index is 0.179. The largest absolute Gasteiger partial charge is 0.497 e. The first-order chi connectivity index (χ1) is 15.6. The number of likely N-dealkylation sites (tertiary alicyclic amines) is 1. The fourth-order valence-electron chi connectivity index (χ4n) is 5.67. The second kappa shape index (κ2) is 9.24. The van der Waals surface area contributed by atoms with E-state index in [2.05, 4.69) is 28.0 Å². The van der Waals surface area contributed by atoms with Crippen LogP contribution in [0.3, 0.4) is 0 Å². The number of fused-ring (bicyclic) bond motifs is 2. The zero-order valence-corrected chi connectivity index (χ0v) is 19.3. The molecule has 170 valence electrons. The molecule has 5 heteroatoms. The van der Waals surface area contributed by atoms with Crippen molar-refractivity contribution >= 4 is 5.91 Å². The van der Waals surface area contributed by atoms with E-state index in [0.717, 1.165) is 81.6 Å². The first-order valence-electron chi connectivity index (χ1n) is 12.0. The molecule has 0 aromatic heterocycles. The lowest BCUT2D eigenvalue weighted by Crippen LogP contribution is -2.47. The molecule has 2 aliphatic heterocycles. The van der Waals surface area contributed by atoms with Crippen LogP contribution in [0.1, 0.15) is 51.9 Å². The maximum absolute atomic E-state index is 13.2. The number of methoxy groups -OCH3 is 2. The molecule has 5 nitrogen and oxygen atoms in total. The molecule has 0 bridgehead atoms. The topological polar surface area (TPSA) is 42.0 Å². The van der Waals surface area contributed by atoms with Gasteiger partial charge in [0.1, 0.15) is 5.75 Å². The number of rotatable bonds is 5. The van der Waals surface area contributed by atoms with E-state index in [1.807, 2.05) is 25.3 Å². The van der Waals surface area contributed by atoms with Crippen LogP contribution in [0, 0.1) is 0 Å². The maximum atomic E-state index is 13.2. The molecule has 32 heavy (non-hydrogen) atoms. The maximum Gasteiger partial charge on any atom is 0.254 e. The molecular formula is C27H34N2O3. The number of nitrogens with zero attached hydrogens (tertiary/aromatic N) is 2. The van der Waals surface area contributed by atoms with Crippen molar-refractivity contribution in [2.45, 2.75) is 57.2 Å². The van der Waals surface area contributed by atoms with Crippen LogP contribution in [0.4, 0.5) is 0 Å². The van der Waals surface area contributed by atoms with Gasteiger partial charge in [-0.05, 0) is 79.0 Å². The van der Waals surface area contributed by atoms with E-state index in [1.165, 1.54) is 16.7 Å². The van der Waals surface area contributed by atoms with E-state index >= 15 is 0 Å². The second-order valence-electron chi connectivity index (χ2n) is 9.48. The quantitative estimate of drug-likeness (QED) is 0.717. The Morgan fingerprint density at radius 3 is 2.53 bits per heavy atom. The molecule has 0 spiro atoms. The Labute approximate surface area is 191 Å². The summed E-state index contributed by atoms with van der Waals surface area (Å²) in [6, 6.07) is 13.2. The number of piperidine rings is 1. The van der Waals surface area contributed by atoms with Crippen LogP contribution in [0.15, 0.2) is 36.4 Å². The summed E-state index contributed by atoms with van der Waals surface area (Å²) < 4.78 is 10.8. The van der Waals surface area contributed by atoms with E-state index in [9.17, 15) is 4.79 Å². The molecule has 2 aromatic carbocycles. The number of hydrogen-bond donors (Lipinski definition) is 0. The van der Waals surface area contributed by atoms with Crippen molar-refractivity contribution in [3.8, 4) is 5.75 Å². The predicted molar refractivity (Wildman–Crippen MR) is 125 cm³/mol. The van der Waals surface area contributed by atoms with E-state index in [4.69, 9.17) is 9.47 Å². The minimum Gasteiger partial charge on any atom is -0.497 e. The van der Waals surface area contributed by atoms with Crippen LogP contribution < -0.4 is 4.74 Å². The summed E-state index contributed by atoms with van der Waals surface area (Å²) in [7, 11) is 3.50. The van der Waals surface area contributed by atoms with Gasteiger partial charge < -0.3 is 14.4 Å². The normalized spacial score (nSPS) is 21.9. The summed E-state index contributed by atoms with van der Waals surface area (Å²) in [6.45, 7) is 4.05. The zero-order chi connectivity index (χ0) is 22.1. The highest BCUT2D eigenvalue weighted by atomic mass is 16.5. The van der Waals surface area contributed by atoms with E-state index in [0.29, 0.717) is 12.1 Å². The van der Waals surface area contributed by atoms with Crippen molar-refractivity contribution in [1.29, 1.82) is 0 Å². The van der Waals surface area contributed by atoms with Crippen molar-refractivity contribution < 1.29 is 14.3 Å². The van der Waals surface area contributed by atoms with Gasteiger partial charge in [-0.1, -0.05) is 18.2 Å². The number of carbonyl (C=O) groups is 1. The summed E-state index contributed by atoms with van der Waals surface area (Å²) in [5.74, 6) is 1.01. The summed E-state index contributed by atoms with van der Waals surface area (Å²) in [4.78, 5) is 17.9. The highest BCUT2D eigenvalue weighted by Crippen LogP contribution is 2.31. The average Bonchev–Trinajstić information content (AvgIpc) is 2.84. The zero-order valence-electron chi connectivity index (χ0n) is 19.3. The molecule has 1 amide bonds. The smallest absolute Gasteiger partial charge is 0.254 e. The number of benzene rings is 2. The van der Waals surface area contributed by atoms with Gasteiger partial charge in [-0.15, -0.1) is 0 Å². The van der Waals surface area contributed by atoms with Gasteiger partial charge in [0, 0.05) is 44.9 Å². The first kappa shape index (κ1) is 21.5. The van der Waals surface area contributed by atoms with Crippen molar-refractivity contribution in [1.82, 2.24) is 9.80 Å². The molecule has 3 aliphatic rings. The van der Waals surface area contributed by atoms with Crippen molar-refractivity contribution in [3.63, 3.8) is 0 Å². The second-order valence-corrected chi connectivity index (χ2v) is 9.48. The Kier molecular flexibility index (Phi) is 6.20. The number of carbonyl (C=O) groups excluding carboxylic acids is 1. The molecule has 1 aliphatic carbocycles. The van der Waals surface area contributed by atoms with Crippen LogP contribution in [0.25, 0.3) is 0 Å². The van der Waals surface area contributed by atoms with Gasteiger partial charge in [0.15, 0.2) is 0 Å². The fraction of sp³-hybridized carbons (Fsp3) is 0.519.